The van der Waals surface area contributed by atoms with Crippen molar-refractivity contribution < 1.29 is 19.1 Å². The lowest BCUT2D eigenvalue weighted by atomic mass is 9.95. The highest BCUT2D eigenvalue weighted by atomic mass is 16.7. The molecule has 2 aromatic rings. The zero-order valence-electron chi connectivity index (χ0n) is 19.3. The van der Waals surface area contributed by atoms with Gasteiger partial charge in [0.1, 0.15) is 5.54 Å². The summed E-state index contributed by atoms with van der Waals surface area (Å²) in [6.07, 6.45) is 0. The van der Waals surface area contributed by atoms with Gasteiger partial charge < -0.3 is 14.8 Å². The molecule has 33 heavy (non-hydrogen) atoms. The monoisotopic (exact) mass is 450 g/mol. The molecule has 1 atom stereocenters. The van der Waals surface area contributed by atoms with E-state index < -0.39 is 5.54 Å². The van der Waals surface area contributed by atoms with E-state index in [0.717, 1.165) is 49.9 Å². The third-order valence-electron chi connectivity index (χ3n) is 6.88. The first kappa shape index (κ1) is 21.7. The number of amides is 2. The summed E-state index contributed by atoms with van der Waals surface area (Å²) < 4.78 is 10.9. The molecule has 0 aliphatic carbocycles. The van der Waals surface area contributed by atoms with Crippen molar-refractivity contribution in [3.63, 3.8) is 0 Å². The third-order valence-corrected chi connectivity index (χ3v) is 6.88. The molecule has 2 amide bonds. The fourth-order valence-corrected chi connectivity index (χ4v) is 4.80. The van der Waals surface area contributed by atoms with Crippen LogP contribution in [0.5, 0.6) is 11.5 Å². The van der Waals surface area contributed by atoms with Gasteiger partial charge in [-0.2, -0.15) is 0 Å². The van der Waals surface area contributed by atoms with Crippen molar-refractivity contribution in [2.75, 3.05) is 43.2 Å². The first-order valence-corrected chi connectivity index (χ1v) is 11.4. The maximum Gasteiger partial charge on any atom is 0.250 e. The standard InChI is InChI=1S/C25H30N4O4/c1-17(23(30)29-20-7-5-4-6-19(20)26-24(31)25(29,2)3)28-12-10-27(11-13-28)15-18-8-9-21-22(14-18)33-16-32-21/h4-9,14,17H,10-13,15-16H2,1-3H3,(H,26,31). The van der Waals surface area contributed by atoms with Crippen molar-refractivity contribution in [2.24, 2.45) is 0 Å². The third kappa shape index (κ3) is 3.94. The van der Waals surface area contributed by atoms with Crippen LogP contribution in [0.4, 0.5) is 11.4 Å². The Hall–Kier alpha value is -3.10. The molecule has 1 N–H and O–H groups in total. The Labute approximate surface area is 194 Å². The molecule has 0 saturated carbocycles. The quantitative estimate of drug-likeness (QED) is 0.772. The van der Waals surface area contributed by atoms with Gasteiger partial charge in [0.05, 0.1) is 17.4 Å². The van der Waals surface area contributed by atoms with Crippen molar-refractivity contribution in [2.45, 2.75) is 38.9 Å². The molecule has 174 valence electrons. The van der Waals surface area contributed by atoms with Crippen LogP contribution in [0.3, 0.4) is 0 Å². The molecule has 0 spiro atoms. The number of rotatable bonds is 4. The van der Waals surface area contributed by atoms with Gasteiger partial charge in [0.25, 0.3) is 0 Å². The molecule has 1 unspecified atom stereocenters. The summed E-state index contributed by atoms with van der Waals surface area (Å²) in [5.74, 6) is 1.38. The second-order valence-corrected chi connectivity index (χ2v) is 9.38. The van der Waals surface area contributed by atoms with Gasteiger partial charge in [0, 0.05) is 32.7 Å². The van der Waals surface area contributed by atoms with Gasteiger partial charge >= 0.3 is 0 Å². The van der Waals surface area contributed by atoms with Crippen LogP contribution in [-0.4, -0.2) is 66.2 Å². The summed E-state index contributed by atoms with van der Waals surface area (Å²) in [7, 11) is 0. The van der Waals surface area contributed by atoms with Crippen LogP contribution in [0, 0.1) is 0 Å². The summed E-state index contributed by atoms with van der Waals surface area (Å²) in [4.78, 5) is 32.7. The van der Waals surface area contributed by atoms with Gasteiger partial charge in [-0.3, -0.25) is 24.3 Å². The summed E-state index contributed by atoms with van der Waals surface area (Å²) in [5.41, 5.74) is 1.66. The highest BCUT2D eigenvalue weighted by Gasteiger charge is 2.45. The zero-order valence-corrected chi connectivity index (χ0v) is 19.3. The number of carbonyl (C=O) groups excluding carboxylic acids is 2. The Morgan fingerprint density at radius 3 is 2.58 bits per heavy atom. The molecule has 2 aromatic carbocycles. The van der Waals surface area contributed by atoms with Crippen molar-refractivity contribution in [3.05, 3.63) is 48.0 Å². The normalized spacial score (nSPS) is 20.8. The SMILES string of the molecule is CC(C(=O)N1c2ccccc2NC(=O)C1(C)C)N1CCN(Cc2ccc3c(c2)OCO3)CC1. The molecular formula is C25H30N4O4. The van der Waals surface area contributed by atoms with Gasteiger partial charge in [-0.25, -0.2) is 0 Å². The van der Waals surface area contributed by atoms with E-state index in [1.165, 1.54) is 5.56 Å². The number of ether oxygens (including phenoxy) is 2. The largest absolute Gasteiger partial charge is 0.454 e. The lowest BCUT2D eigenvalue weighted by Crippen LogP contribution is -2.63. The predicted octanol–water partition coefficient (Wildman–Crippen LogP) is 2.69. The summed E-state index contributed by atoms with van der Waals surface area (Å²) in [5, 5.41) is 2.93. The highest BCUT2D eigenvalue weighted by molar-refractivity contribution is 6.15. The van der Waals surface area contributed by atoms with Crippen molar-refractivity contribution >= 4 is 23.2 Å². The van der Waals surface area contributed by atoms with Gasteiger partial charge in [0.2, 0.25) is 18.6 Å². The van der Waals surface area contributed by atoms with Crippen molar-refractivity contribution in [3.8, 4) is 11.5 Å². The second kappa shape index (κ2) is 8.35. The number of nitrogens with zero attached hydrogens (tertiary/aromatic N) is 3. The van der Waals surface area contributed by atoms with Gasteiger partial charge in [-0.05, 0) is 50.6 Å². The van der Waals surface area contributed by atoms with E-state index in [1.807, 2.05) is 43.3 Å². The Balaban J connectivity index is 1.25. The number of hydrogen-bond donors (Lipinski definition) is 1. The smallest absolute Gasteiger partial charge is 0.250 e. The molecule has 0 aromatic heterocycles. The molecule has 3 aliphatic rings. The molecule has 1 fully saturated rings. The minimum Gasteiger partial charge on any atom is -0.454 e. The minimum atomic E-state index is -0.957. The molecule has 8 heteroatoms. The number of fused-ring (bicyclic) bond motifs is 2. The molecule has 8 nitrogen and oxygen atoms in total. The minimum absolute atomic E-state index is 0.0495. The van der Waals surface area contributed by atoms with E-state index in [1.54, 1.807) is 18.7 Å². The van der Waals surface area contributed by atoms with E-state index in [-0.39, 0.29) is 24.6 Å². The lowest BCUT2D eigenvalue weighted by Gasteiger charge is -2.45. The average molecular weight is 451 g/mol. The topological polar surface area (TPSA) is 74.4 Å². The maximum atomic E-state index is 13.7. The lowest BCUT2D eigenvalue weighted by molar-refractivity contribution is -0.129. The predicted molar refractivity (Wildman–Crippen MR) is 126 cm³/mol. The van der Waals surface area contributed by atoms with Crippen LogP contribution in [-0.2, 0) is 16.1 Å². The number of benzene rings is 2. The number of piperazine rings is 1. The average Bonchev–Trinajstić information content (AvgIpc) is 3.27. The Bertz CT molecular complexity index is 1080. The summed E-state index contributed by atoms with van der Waals surface area (Å²) in [6, 6.07) is 13.2. The molecule has 1 saturated heterocycles. The summed E-state index contributed by atoms with van der Waals surface area (Å²) in [6.45, 7) is 9.97. The molecule has 5 rings (SSSR count). The van der Waals surface area contributed by atoms with Crippen LogP contribution in [0.1, 0.15) is 26.3 Å². The number of hydrogen-bond acceptors (Lipinski definition) is 6. The number of para-hydroxylation sites is 2. The molecule has 3 aliphatic heterocycles. The van der Waals surface area contributed by atoms with Crippen LogP contribution in [0.25, 0.3) is 0 Å². The van der Waals surface area contributed by atoms with E-state index in [0.29, 0.717) is 5.69 Å². The zero-order chi connectivity index (χ0) is 23.2. The Morgan fingerprint density at radius 1 is 1.06 bits per heavy atom. The van der Waals surface area contributed by atoms with Gasteiger partial charge in [-0.1, -0.05) is 18.2 Å². The van der Waals surface area contributed by atoms with Crippen LogP contribution in [0.2, 0.25) is 0 Å². The number of nitrogens with one attached hydrogen (secondary N) is 1. The van der Waals surface area contributed by atoms with Crippen LogP contribution < -0.4 is 19.7 Å². The van der Waals surface area contributed by atoms with E-state index in [2.05, 4.69) is 21.2 Å². The Morgan fingerprint density at radius 2 is 1.79 bits per heavy atom. The van der Waals surface area contributed by atoms with Crippen LogP contribution >= 0.6 is 0 Å². The van der Waals surface area contributed by atoms with Crippen molar-refractivity contribution in [1.29, 1.82) is 0 Å². The van der Waals surface area contributed by atoms with E-state index in [9.17, 15) is 9.59 Å². The molecule has 0 bridgehead atoms. The van der Waals surface area contributed by atoms with Crippen molar-refractivity contribution in [1.82, 2.24) is 9.80 Å². The fraction of sp³-hybridized carbons (Fsp3) is 0.440. The van der Waals surface area contributed by atoms with Gasteiger partial charge in [0.15, 0.2) is 11.5 Å². The van der Waals surface area contributed by atoms with Crippen LogP contribution in [0.15, 0.2) is 42.5 Å². The number of anilines is 2. The van der Waals surface area contributed by atoms with Gasteiger partial charge in [-0.15, -0.1) is 0 Å². The molecular weight excluding hydrogens is 420 g/mol. The highest BCUT2D eigenvalue weighted by Crippen LogP contribution is 2.37. The molecule has 0 radical (unpaired) electrons. The second-order valence-electron chi connectivity index (χ2n) is 9.38. The van der Waals surface area contributed by atoms with E-state index in [4.69, 9.17) is 9.47 Å². The first-order valence-electron chi connectivity index (χ1n) is 11.4. The van der Waals surface area contributed by atoms with E-state index >= 15 is 0 Å². The number of carbonyl (C=O) groups is 2. The first-order chi connectivity index (χ1) is 15.8. The summed E-state index contributed by atoms with van der Waals surface area (Å²) >= 11 is 0. The molecule has 3 heterocycles. The fourth-order valence-electron chi connectivity index (χ4n) is 4.80. The maximum absolute atomic E-state index is 13.7. The Kier molecular flexibility index (Phi) is 5.50.